The van der Waals surface area contributed by atoms with Crippen molar-refractivity contribution in [3.8, 4) is 0 Å². The number of nitrogens with zero attached hydrogens (tertiary/aromatic N) is 2. The lowest BCUT2D eigenvalue weighted by Gasteiger charge is -2.45. The predicted octanol–water partition coefficient (Wildman–Crippen LogP) is 4.67. The van der Waals surface area contributed by atoms with Crippen LogP contribution in [0, 0.1) is 0 Å². The van der Waals surface area contributed by atoms with E-state index >= 15 is 0 Å². The molecule has 2 rings (SSSR count). The topological polar surface area (TPSA) is 59.1 Å². The summed E-state index contributed by atoms with van der Waals surface area (Å²) in [4.78, 5) is 28.8. The average molecular weight is 383 g/mol. The van der Waals surface area contributed by atoms with Crippen LogP contribution < -0.4 is 0 Å². The summed E-state index contributed by atoms with van der Waals surface area (Å²) in [5, 5.41) is 3.98. The first kappa shape index (κ1) is 20.6. The van der Waals surface area contributed by atoms with Gasteiger partial charge in [0.1, 0.15) is 11.2 Å². The molecule has 6 nitrogen and oxygen atoms in total. The number of thiophene rings is 1. The van der Waals surface area contributed by atoms with E-state index in [4.69, 9.17) is 9.47 Å². The maximum Gasteiger partial charge on any atom is 0.410 e. The largest absolute Gasteiger partial charge is 0.444 e. The molecule has 1 fully saturated rings. The summed E-state index contributed by atoms with van der Waals surface area (Å²) in [5.74, 6) is 0. The lowest BCUT2D eigenvalue weighted by molar-refractivity contribution is -0.0283. The van der Waals surface area contributed by atoms with E-state index in [0.29, 0.717) is 13.1 Å². The van der Waals surface area contributed by atoms with Gasteiger partial charge in [0.25, 0.3) is 0 Å². The van der Waals surface area contributed by atoms with E-state index in [1.165, 1.54) is 0 Å². The van der Waals surface area contributed by atoms with Crippen LogP contribution in [0.25, 0.3) is 0 Å². The van der Waals surface area contributed by atoms with Gasteiger partial charge in [-0.1, -0.05) is 0 Å². The van der Waals surface area contributed by atoms with Crippen molar-refractivity contribution in [1.82, 2.24) is 9.80 Å². The molecule has 0 spiro atoms. The number of hydrogen-bond acceptors (Lipinski definition) is 5. The summed E-state index contributed by atoms with van der Waals surface area (Å²) in [6.45, 7) is 13.8. The Kier molecular flexibility index (Phi) is 5.90. The molecule has 7 heteroatoms. The minimum Gasteiger partial charge on any atom is -0.444 e. The van der Waals surface area contributed by atoms with Gasteiger partial charge in [-0.15, -0.1) is 0 Å². The second-order valence-corrected chi connectivity index (χ2v) is 9.47. The Labute approximate surface area is 160 Å². The van der Waals surface area contributed by atoms with Gasteiger partial charge < -0.3 is 14.4 Å². The first-order valence-electron chi connectivity index (χ1n) is 8.89. The maximum atomic E-state index is 12.7. The molecule has 26 heavy (non-hydrogen) atoms. The predicted molar refractivity (Wildman–Crippen MR) is 102 cm³/mol. The third kappa shape index (κ3) is 5.37. The molecule has 2 heterocycles. The quantitative estimate of drug-likeness (QED) is 0.708. The van der Waals surface area contributed by atoms with Gasteiger partial charge in [0.05, 0.1) is 12.1 Å². The lowest BCUT2D eigenvalue weighted by Crippen LogP contribution is -2.58. The summed E-state index contributed by atoms with van der Waals surface area (Å²) in [5.41, 5.74) is -0.125. The van der Waals surface area contributed by atoms with Gasteiger partial charge in [0.15, 0.2) is 0 Å². The van der Waals surface area contributed by atoms with Crippen LogP contribution in [-0.4, -0.2) is 52.3 Å². The Morgan fingerprint density at radius 3 is 2.00 bits per heavy atom. The van der Waals surface area contributed by atoms with Gasteiger partial charge in [-0.3, -0.25) is 4.90 Å². The highest BCUT2D eigenvalue weighted by Crippen LogP contribution is 2.31. The van der Waals surface area contributed by atoms with Gasteiger partial charge in [-0.25, -0.2) is 9.59 Å². The molecule has 0 saturated carbocycles. The molecule has 146 valence electrons. The number of hydrogen-bond donors (Lipinski definition) is 0. The summed E-state index contributed by atoms with van der Waals surface area (Å²) >= 11 is 1.57. The van der Waals surface area contributed by atoms with Crippen molar-refractivity contribution in [2.75, 3.05) is 13.1 Å². The second kappa shape index (κ2) is 7.47. The molecule has 0 radical (unpaired) electrons. The molecular weight excluding hydrogens is 352 g/mol. The monoisotopic (exact) mass is 382 g/mol. The van der Waals surface area contributed by atoms with Crippen molar-refractivity contribution >= 4 is 23.5 Å². The molecule has 1 aromatic heterocycles. The third-order valence-electron chi connectivity index (χ3n) is 3.92. The molecule has 2 atom stereocenters. The van der Waals surface area contributed by atoms with E-state index < -0.39 is 11.2 Å². The van der Waals surface area contributed by atoms with E-state index in [-0.39, 0.29) is 24.3 Å². The normalized spacial score (nSPS) is 21.5. The number of ether oxygens (including phenoxy) is 2. The Bertz CT molecular complexity index is 631. The maximum absolute atomic E-state index is 12.7. The number of rotatable bonds is 1. The molecule has 1 aliphatic heterocycles. The van der Waals surface area contributed by atoms with Gasteiger partial charge in [-0.05, 0) is 70.9 Å². The molecule has 1 aromatic rings. The second-order valence-electron chi connectivity index (χ2n) is 8.69. The molecule has 2 amide bonds. The highest BCUT2D eigenvalue weighted by atomic mass is 32.1. The summed E-state index contributed by atoms with van der Waals surface area (Å²) in [7, 11) is 0. The lowest BCUT2D eigenvalue weighted by atomic mass is 10.0. The minimum absolute atomic E-state index is 0.160. The Morgan fingerprint density at radius 1 is 1.00 bits per heavy atom. The van der Waals surface area contributed by atoms with Gasteiger partial charge in [0.2, 0.25) is 0 Å². The zero-order valence-corrected chi connectivity index (χ0v) is 17.6. The van der Waals surface area contributed by atoms with Crippen LogP contribution in [0.1, 0.15) is 60.1 Å². The van der Waals surface area contributed by atoms with Crippen LogP contribution in [0.5, 0.6) is 0 Å². The fourth-order valence-corrected chi connectivity index (χ4v) is 3.53. The fourth-order valence-electron chi connectivity index (χ4n) is 2.82. The van der Waals surface area contributed by atoms with Crippen molar-refractivity contribution in [2.24, 2.45) is 0 Å². The summed E-state index contributed by atoms with van der Waals surface area (Å²) < 4.78 is 11.1. The molecule has 1 saturated heterocycles. The van der Waals surface area contributed by atoms with Crippen LogP contribution in [0.15, 0.2) is 16.8 Å². The summed E-state index contributed by atoms with van der Waals surface area (Å²) in [6, 6.07) is 1.57. The Balaban J connectivity index is 2.24. The van der Waals surface area contributed by atoms with E-state index in [0.717, 1.165) is 5.56 Å². The van der Waals surface area contributed by atoms with Crippen LogP contribution in [0.3, 0.4) is 0 Å². The highest BCUT2D eigenvalue weighted by molar-refractivity contribution is 7.08. The number of piperazine rings is 1. The average Bonchev–Trinajstić information content (AvgIpc) is 2.97. The number of amides is 2. The first-order chi connectivity index (χ1) is 11.9. The standard InChI is InChI=1S/C19H30N2O4S/c1-13-10-21(17(23)25-19(5,6)7)15(14-8-9-26-12-14)11-20(13)16(22)24-18(2,3)4/h8-9,12-13,15H,10-11H2,1-7H3/t13-,15-/m1/s1. The number of carbonyl (C=O) groups excluding carboxylic acids is 2. The van der Waals surface area contributed by atoms with Crippen LogP contribution >= 0.6 is 11.3 Å². The van der Waals surface area contributed by atoms with Crippen molar-refractivity contribution in [3.63, 3.8) is 0 Å². The summed E-state index contributed by atoms with van der Waals surface area (Å²) in [6.07, 6.45) is -0.710. The molecule has 1 aliphatic rings. The van der Waals surface area contributed by atoms with E-state index in [1.807, 2.05) is 65.3 Å². The molecule has 0 aliphatic carbocycles. The molecule has 0 bridgehead atoms. The number of carbonyl (C=O) groups is 2. The van der Waals surface area contributed by atoms with E-state index in [2.05, 4.69) is 0 Å². The van der Waals surface area contributed by atoms with Gasteiger partial charge in [-0.2, -0.15) is 11.3 Å². The molecular formula is C19H30N2O4S. The smallest absolute Gasteiger partial charge is 0.410 e. The third-order valence-corrected chi connectivity index (χ3v) is 4.62. The van der Waals surface area contributed by atoms with Crippen molar-refractivity contribution in [3.05, 3.63) is 22.4 Å². The Hall–Kier alpha value is -1.76. The van der Waals surface area contributed by atoms with Crippen molar-refractivity contribution in [2.45, 2.75) is 71.8 Å². The molecule has 0 aromatic carbocycles. The molecule has 0 unspecified atom stereocenters. The highest BCUT2D eigenvalue weighted by Gasteiger charge is 2.40. The SMILES string of the molecule is C[C@@H]1CN(C(=O)OC(C)(C)C)[C@@H](c2ccsc2)CN1C(=O)OC(C)(C)C. The van der Waals surface area contributed by atoms with Crippen LogP contribution in [0.2, 0.25) is 0 Å². The van der Waals surface area contributed by atoms with Gasteiger partial charge in [0, 0.05) is 13.1 Å². The zero-order valence-electron chi connectivity index (χ0n) is 16.7. The van der Waals surface area contributed by atoms with Crippen LogP contribution in [-0.2, 0) is 9.47 Å². The van der Waals surface area contributed by atoms with E-state index in [9.17, 15) is 9.59 Å². The van der Waals surface area contributed by atoms with E-state index in [1.54, 1.807) is 21.1 Å². The fraction of sp³-hybridized carbons (Fsp3) is 0.684. The zero-order chi connectivity index (χ0) is 19.7. The van der Waals surface area contributed by atoms with Crippen molar-refractivity contribution in [1.29, 1.82) is 0 Å². The van der Waals surface area contributed by atoms with Crippen molar-refractivity contribution < 1.29 is 19.1 Å². The molecule has 0 N–H and O–H groups in total. The van der Waals surface area contributed by atoms with Crippen LogP contribution in [0.4, 0.5) is 9.59 Å². The van der Waals surface area contributed by atoms with Gasteiger partial charge >= 0.3 is 12.2 Å². The first-order valence-corrected chi connectivity index (χ1v) is 9.83. The minimum atomic E-state index is -0.568. The Morgan fingerprint density at radius 2 is 1.54 bits per heavy atom.